The molecule has 0 bridgehead atoms. The topological polar surface area (TPSA) is 66.0 Å². The molecule has 88 valence electrons. The number of carboxylic acids is 1. The summed E-state index contributed by atoms with van der Waals surface area (Å²) in [7, 11) is 0. The molecule has 0 fully saturated rings. The first kappa shape index (κ1) is 11.4. The Balaban J connectivity index is 2.69. The van der Waals surface area contributed by atoms with Crippen LogP contribution in [0.2, 0.25) is 0 Å². The van der Waals surface area contributed by atoms with Crippen LogP contribution in [0.4, 0.5) is 0 Å². The number of nitrogens with one attached hydrogen (secondary N) is 1. The zero-order chi connectivity index (χ0) is 12.6. The van der Waals surface area contributed by atoms with Gasteiger partial charge in [0, 0.05) is 5.56 Å². The van der Waals surface area contributed by atoms with Crippen LogP contribution in [-0.4, -0.2) is 21.0 Å². The minimum absolute atomic E-state index is 0.139. The Morgan fingerprint density at radius 2 is 1.82 bits per heavy atom. The van der Waals surface area contributed by atoms with Crippen molar-refractivity contribution in [1.82, 2.24) is 9.97 Å². The third-order valence-corrected chi connectivity index (χ3v) is 2.77. The number of imidazole rings is 1. The third kappa shape index (κ3) is 1.93. The van der Waals surface area contributed by atoms with Gasteiger partial charge in [0.15, 0.2) is 5.69 Å². The van der Waals surface area contributed by atoms with Gasteiger partial charge in [0.25, 0.3) is 0 Å². The molecule has 1 aromatic carbocycles. The summed E-state index contributed by atoms with van der Waals surface area (Å²) in [6.07, 6.45) is 1.41. The van der Waals surface area contributed by atoms with Crippen LogP contribution in [0.15, 0.2) is 18.5 Å². The Morgan fingerprint density at radius 3 is 2.35 bits per heavy atom. The van der Waals surface area contributed by atoms with E-state index in [0.717, 1.165) is 22.3 Å². The highest BCUT2D eigenvalue weighted by Gasteiger charge is 2.17. The molecule has 0 aliphatic heterocycles. The summed E-state index contributed by atoms with van der Waals surface area (Å²) in [6, 6.07) is 4.06. The maximum atomic E-state index is 11.1. The van der Waals surface area contributed by atoms with Gasteiger partial charge in [-0.1, -0.05) is 17.7 Å². The summed E-state index contributed by atoms with van der Waals surface area (Å²) in [4.78, 5) is 17.9. The fourth-order valence-corrected chi connectivity index (χ4v) is 2.20. The highest BCUT2D eigenvalue weighted by Crippen LogP contribution is 2.28. The van der Waals surface area contributed by atoms with Gasteiger partial charge in [0.2, 0.25) is 0 Å². The van der Waals surface area contributed by atoms with Crippen molar-refractivity contribution in [2.45, 2.75) is 20.8 Å². The summed E-state index contributed by atoms with van der Waals surface area (Å²) in [6.45, 7) is 5.96. The number of aromatic nitrogens is 2. The Labute approximate surface area is 99.3 Å². The number of aryl methyl sites for hydroxylation is 3. The maximum Gasteiger partial charge on any atom is 0.354 e. The van der Waals surface area contributed by atoms with Gasteiger partial charge in [-0.2, -0.15) is 0 Å². The van der Waals surface area contributed by atoms with E-state index < -0.39 is 5.97 Å². The molecule has 0 unspecified atom stereocenters. The van der Waals surface area contributed by atoms with E-state index in [0.29, 0.717) is 5.69 Å². The smallest absolute Gasteiger partial charge is 0.354 e. The van der Waals surface area contributed by atoms with Crippen molar-refractivity contribution >= 4 is 5.97 Å². The highest BCUT2D eigenvalue weighted by atomic mass is 16.4. The predicted octanol–water partition coefficient (Wildman–Crippen LogP) is 2.70. The van der Waals surface area contributed by atoms with E-state index in [-0.39, 0.29) is 5.69 Å². The summed E-state index contributed by atoms with van der Waals surface area (Å²) in [5.41, 5.74) is 4.78. The normalized spacial score (nSPS) is 10.5. The molecule has 0 atom stereocenters. The largest absolute Gasteiger partial charge is 0.477 e. The number of nitrogens with zero attached hydrogens (tertiary/aromatic N) is 1. The van der Waals surface area contributed by atoms with Crippen molar-refractivity contribution in [3.63, 3.8) is 0 Å². The molecule has 0 saturated heterocycles. The molecule has 0 radical (unpaired) electrons. The number of benzene rings is 1. The molecule has 0 aliphatic carbocycles. The molecule has 1 heterocycles. The van der Waals surface area contributed by atoms with E-state index in [9.17, 15) is 4.79 Å². The van der Waals surface area contributed by atoms with E-state index in [1.807, 2.05) is 32.9 Å². The standard InChI is InChI=1S/C13H14N2O2/c1-7-4-8(2)10(9(3)5-7)11-12(13(16)17)15-6-14-11/h4-6H,1-3H3,(H,14,15)(H,16,17). The van der Waals surface area contributed by atoms with Crippen molar-refractivity contribution in [1.29, 1.82) is 0 Å². The molecule has 0 spiro atoms. The molecule has 2 rings (SSSR count). The van der Waals surface area contributed by atoms with Crippen LogP contribution in [0.1, 0.15) is 27.2 Å². The zero-order valence-corrected chi connectivity index (χ0v) is 10.0. The van der Waals surface area contributed by atoms with E-state index in [1.165, 1.54) is 6.33 Å². The fourth-order valence-electron chi connectivity index (χ4n) is 2.20. The monoisotopic (exact) mass is 230 g/mol. The van der Waals surface area contributed by atoms with Crippen LogP contribution in [0.25, 0.3) is 11.3 Å². The quantitative estimate of drug-likeness (QED) is 0.833. The molecule has 4 nitrogen and oxygen atoms in total. The molecular formula is C13H14N2O2. The Bertz CT molecular complexity index is 562. The molecular weight excluding hydrogens is 216 g/mol. The number of aromatic carboxylic acids is 1. The van der Waals surface area contributed by atoms with Crippen molar-refractivity contribution in [3.8, 4) is 11.3 Å². The molecule has 2 N–H and O–H groups in total. The molecule has 2 aromatic rings. The second-order valence-corrected chi connectivity index (χ2v) is 4.21. The summed E-state index contributed by atoms with van der Waals surface area (Å²) in [5, 5.41) is 9.08. The Kier molecular flexibility index (Phi) is 2.71. The number of H-pyrrole nitrogens is 1. The molecule has 0 amide bonds. The number of carboxylic acid groups (broad SMARTS) is 1. The molecule has 17 heavy (non-hydrogen) atoms. The average Bonchev–Trinajstić information content (AvgIpc) is 2.64. The van der Waals surface area contributed by atoms with Crippen LogP contribution in [0.3, 0.4) is 0 Å². The molecule has 1 aromatic heterocycles. The van der Waals surface area contributed by atoms with Gasteiger partial charge in [0.05, 0.1) is 6.33 Å². The van der Waals surface area contributed by atoms with Crippen LogP contribution >= 0.6 is 0 Å². The number of rotatable bonds is 2. The van der Waals surface area contributed by atoms with Crippen molar-refractivity contribution in [3.05, 3.63) is 40.8 Å². The van der Waals surface area contributed by atoms with Gasteiger partial charge in [-0.05, 0) is 31.9 Å². The number of aromatic amines is 1. The van der Waals surface area contributed by atoms with Gasteiger partial charge >= 0.3 is 5.97 Å². The van der Waals surface area contributed by atoms with Gasteiger partial charge in [-0.3, -0.25) is 0 Å². The van der Waals surface area contributed by atoms with Crippen molar-refractivity contribution in [2.75, 3.05) is 0 Å². The third-order valence-electron chi connectivity index (χ3n) is 2.77. The Hall–Kier alpha value is -2.10. The molecule has 4 heteroatoms. The Morgan fingerprint density at radius 1 is 1.24 bits per heavy atom. The molecule has 0 saturated carbocycles. The van der Waals surface area contributed by atoms with Crippen LogP contribution in [0, 0.1) is 20.8 Å². The highest BCUT2D eigenvalue weighted by molar-refractivity contribution is 5.93. The lowest BCUT2D eigenvalue weighted by atomic mass is 9.96. The SMILES string of the molecule is Cc1cc(C)c(-c2nc[nH]c2C(=O)O)c(C)c1. The van der Waals surface area contributed by atoms with E-state index in [2.05, 4.69) is 9.97 Å². The first-order chi connectivity index (χ1) is 8.00. The lowest BCUT2D eigenvalue weighted by Gasteiger charge is -2.09. The van der Waals surface area contributed by atoms with Gasteiger partial charge in [-0.25, -0.2) is 9.78 Å². The summed E-state index contributed by atoms with van der Waals surface area (Å²) < 4.78 is 0. The average molecular weight is 230 g/mol. The fraction of sp³-hybridized carbons (Fsp3) is 0.231. The van der Waals surface area contributed by atoms with Crippen molar-refractivity contribution < 1.29 is 9.90 Å². The van der Waals surface area contributed by atoms with E-state index in [1.54, 1.807) is 0 Å². The first-order valence-electron chi connectivity index (χ1n) is 5.35. The minimum Gasteiger partial charge on any atom is -0.477 e. The zero-order valence-electron chi connectivity index (χ0n) is 10.0. The number of hydrogen-bond donors (Lipinski definition) is 2. The van der Waals surface area contributed by atoms with E-state index >= 15 is 0 Å². The molecule has 0 aliphatic rings. The number of carbonyl (C=O) groups is 1. The number of hydrogen-bond acceptors (Lipinski definition) is 2. The summed E-state index contributed by atoms with van der Waals surface area (Å²) in [5.74, 6) is -0.989. The lowest BCUT2D eigenvalue weighted by Crippen LogP contribution is -2.01. The van der Waals surface area contributed by atoms with Crippen LogP contribution in [-0.2, 0) is 0 Å². The maximum absolute atomic E-state index is 11.1. The van der Waals surface area contributed by atoms with Gasteiger partial charge in [0.1, 0.15) is 5.69 Å². The second-order valence-electron chi connectivity index (χ2n) is 4.21. The van der Waals surface area contributed by atoms with E-state index in [4.69, 9.17) is 5.11 Å². The van der Waals surface area contributed by atoms with Gasteiger partial charge < -0.3 is 10.1 Å². The predicted molar refractivity (Wildman–Crippen MR) is 65.2 cm³/mol. The van der Waals surface area contributed by atoms with Crippen molar-refractivity contribution in [2.24, 2.45) is 0 Å². The summed E-state index contributed by atoms with van der Waals surface area (Å²) >= 11 is 0. The van der Waals surface area contributed by atoms with Gasteiger partial charge in [-0.15, -0.1) is 0 Å². The van der Waals surface area contributed by atoms with Crippen LogP contribution < -0.4 is 0 Å². The first-order valence-corrected chi connectivity index (χ1v) is 5.35. The second kappa shape index (κ2) is 4.05. The van der Waals surface area contributed by atoms with Crippen LogP contribution in [0.5, 0.6) is 0 Å². The lowest BCUT2D eigenvalue weighted by molar-refractivity contribution is 0.0692. The minimum atomic E-state index is -0.989.